The molecule has 0 aromatic carbocycles. The van der Waals surface area contributed by atoms with Crippen LogP contribution in [0.25, 0.3) is 0 Å². The number of rotatable bonds is 4. The van der Waals surface area contributed by atoms with Crippen LogP contribution in [-0.4, -0.2) is 47.5 Å². The molecule has 2 N–H and O–H groups in total. The first-order valence-corrected chi connectivity index (χ1v) is 7.25. The summed E-state index contributed by atoms with van der Waals surface area (Å²) in [6.07, 6.45) is 9.76. The van der Waals surface area contributed by atoms with Crippen LogP contribution in [0.1, 0.15) is 51.4 Å². The Labute approximate surface area is 105 Å². The molecule has 3 nitrogen and oxygen atoms in total. The van der Waals surface area contributed by atoms with E-state index in [2.05, 4.69) is 4.90 Å². The summed E-state index contributed by atoms with van der Waals surface area (Å²) in [5, 5.41) is 19.2. The van der Waals surface area contributed by atoms with Gasteiger partial charge in [-0.25, -0.2) is 0 Å². The van der Waals surface area contributed by atoms with Gasteiger partial charge in [-0.05, 0) is 32.2 Å². The monoisotopic (exact) mass is 241 g/mol. The maximum absolute atomic E-state index is 9.69. The van der Waals surface area contributed by atoms with Crippen LogP contribution in [-0.2, 0) is 0 Å². The Kier molecular flexibility index (Phi) is 4.83. The average molecular weight is 241 g/mol. The lowest BCUT2D eigenvalue weighted by Gasteiger charge is -2.37. The molecule has 100 valence electrons. The van der Waals surface area contributed by atoms with Gasteiger partial charge in [-0.15, -0.1) is 0 Å². The van der Waals surface area contributed by atoms with Crippen LogP contribution in [0.15, 0.2) is 0 Å². The summed E-state index contributed by atoms with van der Waals surface area (Å²) in [6, 6.07) is 0.335. The molecule has 0 aromatic rings. The summed E-state index contributed by atoms with van der Waals surface area (Å²) < 4.78 is 0. The van der Waals surface area contributed by atoms with Crippen LogP contribution in [0.4, 0.5) is 0 Å². The van der Waals surface area contributed by atoms with Gasteiger partial charge in [0.1, 0.15) is 0 Å². The van der Waals surface area contributed by atoms with Gasteiger partial charge in [-0.1, -0.05) is 25.7 Å². The highest BCUT2D eigenvalue weighted by Gasteiger charge is 2.36. The number of nitrogens with zero attached hydrogens (tertiary/aromatic N) is 1. The zero-order valence-electron chi connectivity index (χ0n) is 10.9. The van der Waals surface area contributed by atoms with Crippen molar-refractivity contribution in [3.8, 4) is 0 Å². The maximum Gasteiger partial charge on any atom is 0.0586 e. The van der Waals surface area contributed by atoms with Crippen LogP contribution in [0.3, 0.4) is 0 Å². The van der Waals surface area contributed by atoms with Crippen LogP contribution in [0.5, 0.6) is 0 Å². The molecule has 1 heterocycles. The molecule has 0 aromatic heterocycles. The van der Waals surface area contributed by atoms with E-state index in [1.807, 2.05) is 0 Å². The van der Waals surface area contributed by atoms with E-state index in [4.69, 9.17) is 0 Å². The minimum atomic E-state index is 0.137. The van der Waals surface area contributed by atoms with Crippen molar-refractivity contribution in [1.82, 2.24) is 4.90 Å². The summed E-state index contributed by atoms with van der Waals surface area (Å²) in [5.41, 5.74) is 0.137. The fourth-order valence-electron chi connectivity index (χ4n) is 3.57. The highest BCUT2D eigenvalue weighted by molar-refractivity contribution is 4.89. The van der Waals surface area contributed by atoms with E-state index < -0.39 is 0 Å². The molecule has 1 saturated heterocycles. The lowest BCUT2D eigenvalue weighted by atomic mass is 9.86. The van der Waals surface area contributed by atoms with Gasteiger partial charge in [0.15, 0.2) is 0 Å². The Morgan fingerprint density at radius 3 is 2.41 bits per heavy atom. The van der Waals surface area contributed by atoms with Gasteiger partial charge in [0.2, 0.25) is 0 Å². The minimum absolute atomic E-state index is 0.137. The minimum Gasteiger partial charge on any atom is -0.396 e. The first-order valence-electron chi connectivity index (χ1n) is 7.25. The first-order chi connectivity index (χ1) is 8.29. The summed E-state index contributed by atoms with van der Waals surface area (Å²) in [7, 11) is 0. The van der Waals surface area contributed by atoms with Crippen molar-refractivity contribution < 1.29 is 10.2 Å². The van der Waals surface area contributed by atoms with Crippen LogP contribution < -0.4 is 0 Å². The molecule has 1 saturated carbocycles. The predicted octanol–water partition coefficient (Wildman–Crippen LogP) is 1.78. The summed E-state index contributed by atoms with van der Waals surface area (Å²) >= 11 is 0. The van der Waals surface area contributed by atoms with E-state index >= 15 is 0 Å². The Bertz CT molecular complexity index is 226. The molecule has 3 heteroatoms. The topological polar surface area (TPSA) is 43.7 Å². The average Bonchev–Trinajstić information content (AvgIpc) is 2.70. The van der Waals surface area contributed by atoms with E-state index in [9.17, 15) is 10.2 Å². The molecule has 2 rings (SSSR count). The normalized spacial score (nSPS) is 30.4. The second kappa shape index (κ2) is 6.17. The fraction of sp³-hybridized carbons (Fsp3) is 1.00. The summed E-state index contributed by atoms with van der Waals surface area (Å²) in [4.78, 5) is 2.45. The SMILES string of the molecule is OCC1CCCCCN1CC1(CO)CCCC1. The van der Waals surface area contributed by atoms with Crippen molar-refractivity contribution in [3.63, 3.8) is 0 Å². The van der Waals surface area contributed by atoms with E-state index in [1.165, 1.54) is 32.1 Å². The number of hydrogen-bond donors (Lipinski definition) is 2. The number of hydrogen-bond acceptors (Lipinski definition) is 3. The zero-order valence-corrected chi connectivity index (χ0v) is 10.9. The lowest BCUT2D eigenvalue weighted by Crippen LogP contribution is -2.45. The lowest BCUT2D eigenvalue weighted by molar-refractivity contribution is 0.0412. The molecule has 0 bridgehead atoms. The second-order valence-corrected chi connectivity index (χ2v) is 6.02. The second-order valence-electron chi connectivity index (χ2n) is 6.02. The molecule has 0 amide bonds. The number of aliphatic hydroxyl groups is 2. The van der Waals surface area contributed by atoms with Gasteiger partial charge in [-0.2, -0.15) is 0 Å². The molecule has 0 spiro atoms. The Morgan fingerprint density at radius 1 is 1.00 bits per heavy atom. The maximum atomic E-state index is 9.69. The van der Waals surface area contributed by atoms with E-state index in [0.29, 0.717) is 12.6 Å². The Morgan fingerprint density at radius 2 is 1.76 bits per heavy atom. The van der Waals surface area contributed by atoms with E-state index in [0.717, 1.165) is 32.4 Å². The number of aliphatic hydroxyl groups excluding tert-OH is 2. The predicted molar refractivity (Wildman–Crippen MR) is 68.9 cm³/mol. The third-order valence-electron chi connectivity index (χ3n) is 4.75. The van der Waals surface area contributed by atoms with E-state index in [-0.39, 0.29) is 12.0 Å². The first kappa shape index (κ1) is 13.3. The smallest absolute Gasteiger partial charge is 0.0586 e. The molecule has 1 unspecified atom stereocenters. The highest BCUT2D eigenvalue weighted by atomic mass is 16.3. The molecule has 2 fully saturated rings. The molecule has 2 aliphatic rings. The van der Waals surface area contributed by atoms with Gasteiger partial charge in [-0.3, -0.25) is 4.90 Å². The molecule has 1 atom stereocenters. The Hall–Kier alpha value is -0.120. The molecule has 17 heavy (non-hydrogen) atoms. The summed E-state index contributed by atoms with van der Waals surface area (Å²) in [6.45, 7) is 2.70. The quantitative estimate of drug-likeness (QED) is 0.788. The van der Waals surface area contributed by atoms with Crippen molar-refractivity contribution >= 4 is 0 Å². The van der Waals surface area contributed by atoms with Crippen LogP contribution in [0, 0.1) is 5.41 Å². The van der Waals surface area contributed by atoms with Gasteiger partial charge < -0.3 is 10.2 Å². The van der Waals surface area contributed by atoms with Crippen LogP contribution >= 0.6 is 0 Å². The standard InChI is InChI=1S/C14H27NO2/c16-10-13-6-2-1-5-9-15(13)11-14(12-17)7-3-4-8-14/h13,16-17H,1-12H2. The fourth-order valence-corrected chi connectivity index (χ4v) is 3.57. The van der Waals surface area contributed by atoms with Crippen molar-refractivity contribution in [2.24, 2.45) is 5.41 Å². The highest BCUT2D eigenvalue weighted by Crippen LogP contribution is 2.39. The van der Waals surface area contributed by atoms with Crippen molar-refractivity contribution in [3.05, 3.63) is 0 Å². The zero-order chi connectivity index (χ0) is 12.1. The molecule has 1 aliphatic heterocycles. The van der Waals surface area contributed by atoms with Gasteiger partial charge in [0.05, 0.1) is 6.61 Å². The van der Waals surface area contributed by atoms with E-state index in [1.54, 1.807) is 0 Å². The summed E-state index contributed by atoms with van der Waals surface area (Å²) in [5.74, 6) is 0. The van der Waals surface area contributed by atoms with Gasteiger partial charge in [0, 0.05) is 24.6 Å². The third-order valence-corrected chi connectivity index (χ3v) is 4.75. The molecular formula is C14H27NO2. The Balaban J connectivity index is 1.98. The number of likely N-dealkylation sites (tertiary alicyclic amines) is 1. The van der Waals surface area contributed by atoms with Crippen LogP contribution in [0.2, 0.25) is 0 Å². The largest absolute Gasteiger partial charge is 0.396 e. The van der Waals surface area contributed by atoms with Crippen molar-refractivity contribution in [2.45, 2.75) is 57.4 Å². The third kappa shape index (κ3) is 3.21. The van der Waals surface area contributed by atoms with Gasteiger partial charge in [0.25, 0.3) is 0 Å². The molecular weight excluding hydrogens is 214 g/mol. The van der Waals surface area contributed by atoms with Crippen molar-refractivity contribution in [2.75, 3.05) is 26.3 Å². The molecule has 1 aliphatic carbocycles. The van der Waals surface area contributed by atoms with Crippen molar-refractivity contribution in [1.29, 1.82) is 0 Å². The molecule has 0 radical (unpaired) electrons. The van der Waals surface area contributed by atoms with Gasteiger partial charge >= 0.3 is 0 Å².